The first kappa shape index (κ1) is 16.3. The van der Waals surface area contributed by atoms with Crippen LogP contribution in [-0.4, -0.2) is 47.7 Å². The molecule has 0 bridgehead atoms. The largest absolute Gasteiger partial charge is 0.494 e. The van der Waals surface area contributed by atoms with E-state index in [1.165, 1.54) is 0 Å². The fourth-order valence-corrected chi connectivity index (χ4v) is 3.07. The van der Waals surface area contributed by atoms with E-state index in [-0.39, 0.29) is 18.5 Å². The molecule has 3 rings (SSSR count). The summed E-state index contributed by atoms with van der Waals surface area (Å²) in [6, 6.07) is 6.49. The molecule has 2 aliphatic rings. The van der Waals surface area contributed by atoms with Crippen LogP contribution in [0.25, 0.3) is 0 Å². The van der Waals surface area contributed by atoms with E-state index >= 15 is 0 Å². The van der Waals surface area contributed by atoms with E-state index in [0.717, 1.165) is 11.3 Å². The molecule has 0 aromatic heterocycles. The van der Waals surface area contributed by atoms with Crippen LogP contribution in [0.5, 0.6) is 5.75 Å². The average Bonchev–Trinajstić information content (AvgIpc) is 2.83. The van der Waals surface area contributed by atoms with Crippen molar-refractivity contribution in [2.45, 2.75) is 26.0 Å². The predicted octanol–water partition coefficient (Wildman–Crippen LogP) is 0.916. The molecule has 0 aliphatic carbocycles. The number of aliphatic hydroxyl groups is 1. The number of benzene rings is 1. The van der Waals surface area contributed by atoms with Crippen LogP contribution in [0.3, 0.4) is 0 Å². The van der Waals surface area contributed by atoms with Gasteiger partial charge in [0.25, 0.3) is 5.91 Å². The number of urea groups is 1. The highest BCUT2D eigenvalue weighted by Crippen LogP contribution is 2.33. The number of aliphatic hydroxyl groups excluding tert-OH is 1. The molecule has 7 heteroatoms. The van der Waals surface area contributed by atoms with Gasteiger partial charge in [0.2, 0.25) is 0 Å². The van der Waals surface area contributed by atoms with E-state index in [1.807, 2.05) is 31.2 Å². The summed E-state index contributed by atoms with van der Waals surface area (Å²) in [7, 11) is 0. The first-order valence-corrected chi connectivity index (χ1v) is 8.00. The number of carbonyl (C=O) groups is 2. The van der Waals surface area contributed by atoms with Gasteiger partial charge < -0.3 is 25.4 Å². The lowest BCUT2D eigenvalue weighted by atomic mass is 9.96. The standard InChI is InChI=1S/C17H21N3O4/c1-3-24-12-6-4-11(5-7-12)15-14-13(18-17(23)19-15)9-20(16(14)22)8-10(2)21/h4-7,10,15,21H,3,8-9H2,1-2H3,(H2,18,19,23)/t10-,15+/m0/s1. The Bertz CT molecular complexity index is 682. The molecule has 1 aromatic rings. The molecule has 7 nitrogen and oxygen atoms in total. The number of β-amino-alcohol motifs (C(OH)–C–C–N with tert-alkyl or cyclic N) is 1. The number of hydrogen-bond acceptors (Lipinski definition) is 4. The highest BCUT2D eigenvalue weighted by Gasteiger charge is 2.40. The van der Waals surface area contributed by atoms with Crippen molar-refractivity contribution in [2.24, 2.45) is 0 Å². The van der Waals surface area contributed by atoms with Crippen LogP contribution in [0.2, 0.25) is 0 Å². The molecule has 0 fully saturated rings. The normalized spacial score (nSPS) is 21.3. The second kappa shape index (κ2) is 6.52. The Hall–Kier alpha value is -2.54. The number of carbonyl (C=O) groups excluding carboxylic acids is 2. The molecule has 24 heavy (non-hydrogen) atoms. The monoisotopic (exact) mass is 331 g/mol. The quantitative estimate of drug-likeness (QED) is 0.748. The Labute approximate surface area is 140 Å². The van der Waals surface area contributed by atoms with Gasteiger partial charge >= 0.3 is 6.03 Å². The minimum absolute atomic E-state index is 0.169. The maximum Gasteiger partial charge on any atom is 0.319 e. The summed E-state index contributed by atoms with van der Waals surface area (Å²) in [6.07, 6.45) is -0.622. The summed E-state index contributed by atoms with van der Waals surface area (Å²) in [5.41, 5.74) is 1.94. The molecule has 0 spiro atoms. The highest BCUT2D eigenvalue weighted by atomic mass is 16.5. The molecule has 3 amide bonds. The SMILES string of the molecule is CCOc1ccc([C@H]2NC(=O)NC3=C2C(=O)N(C[C@H](C)O)C3)cc1. The molecule has 2 atom stereocenters. The van der Waals surface area contributed by atoms with Gasteiger partial charge in [0, 0.05) is 6.54 Å². The van der Waals surface area contributed by atoms with Gasteiger partial charge in [0.15, 0.2) is 0 Å². The topological polar surface area (TPSA) is 90.9 Å². The van der Waals surface area contributed by atoms with Gasteiger partial charge in [-0.15, -0.1) is 0 Å². The second-order valence-electron chi connectivity index (χ2n) is 5.96. The zero-order valence-electron chi connectivity index (χ0n) is 13.7. The Morgan fingerprint density at radius 2 is 2.04 bits per heavy atom. The summed E-state index contributed by atoms with van der Waals surface area (Å²) in [5, 5.41) is 15.1. The third-order valence-electron chi connectivity index (χ3n) is 4.03. The molecule has 2 aliphatic heterocycles. The zero-order chi connectivity index (χ0) is 17.3. The maximum absolute atomic E-state index is 12.7. The first-order chi connectivity index (χ1) is 11.5. The number of rotatable bonds is 5. The van der Waals surface area contributed by atoms with Crippen LogP contribution in [0, 0.1) is 0 Å². The van der Waals surface area contributed by atoms with Crippen molar-refractivity contribution in [3.8, 4) is 5.75 Å². The molecule has 1 aromatic carbocycles. The molecule has 2 heterocycles. The lowest BCUT2D eigenvalue weighted by Gasteiger charge is -2.25. The van der Waals surface area contributed by atoms with Gasteiger partial charge in [0.1, 0.15) is 5.75 Å². The molecular weight excluding hydrogens is 310 g/mol. The average molecular weight is 331 g/mol. The Balaban J connectivity index is 1.88. The van der Waals surface area contributed by atoms with E-state index in [2.05, 4.69) is 10.6 Å². The lowest BCUT2D eigenvalue weighted by Crippen LogP contribution is -2.44. The fourth-order valence-electron chi connectivity index (χ4n) is 3.07. The second-order valence-corrected chi connectivity index (χ2v) is 5.96. The van der Waals surface area contributed by atoms with Crippen molar-refractivity contribution in [3.63, 3.8) is 0 Å². The molecule has 0 unspecified atom stereocenters. The molecule has 0 radical (unpaired) electrons. The smallest absolute Gasteiger partial charge is 0.319 e. The van der Waals surface area contributed by atoms with Gasteiger partial charge in [0.05, 0.1) is 36.6 Å². The van der Waals surface area contributed by atoms with Crippen molar-refractivity contribution in [2.75, 3.05) is 19.7 Å². The van der Waals surface area contributed by atoms with E-state index in [0.29, 0.717) is 24.4 Å². The van der Waals surface area contributed by atoms with Crippen LogP contribution in [0.15, 0.2) is 35.5 Å². The summed E-state index contributed by atoms with van der Waals surface area (Å²) >= 11 is 0. The summed E-state index contributed by atoms with van der Waals surface area (Å²) in [5.74, 6) is 0.571. The van der Waals surface area contributed by atoms with Gasteiger partial charge in [-0.2, -0.15) is 0 Å². The number of ether oxygens (including phenoxy) is 1. The highest BCUT2D eigenvalue weighted by molar-refractivity contribution is 6.01. The van der Waals surface area contributed by atoms with E-state index < -0.39 is 12.1 Å². The lowest BCUT2D eigenvalue weighted by molar-refractivity contribution is -0.126. The number of nitrogens with zero attached hydrogens (tertiary/aromatic N) is 1. The third kappa shape index (κ3) is 3.07. The third-order valence-corrected chi connectivity index (χ3v) is 4.03. The molecule has 0 saturated carbocycles. The number of amides is 3. The van der Waals surface area contributed by atoms with Crippen LogP contribution in [0.1, 0.15) is 25.5 Å². The Kier molecular flexibility index (Phi) is 4.44. The zero-order valence-corrected chi connectivity index (χ0v) is 13.7. The van der Waals surface area contributed by atoms with Gasteiger partial charge in [-0.05, 0) is 31.5 Å². The fraction of sp³-hybridized carbons (Fsp3) is 0.412. The molecule has 128 valence electrons. The predicted molar refractivity (Wildman–Crippen MR) is 87.3 cm³/mol. The summed E-state index contributed by atoms with van der Waals surface area (Å²) in [4.78, 5) is 26.2. The molecule has 3 N–H and O–H groups in total. The minimum Gasteiger partial charge on any atom is -0.494 e. The van der Waals surface area contributed by atoms with Gasteiger partial charge in [-0.25, -0.2) is 4.79 Å². The van der Waals surface area contributed by atoms with Gasteiger partial charge in [-0.1, -0.05) is 12.1 Å². The van der Waals surface area contributed by atoms with Crippen LogP contribution < -0.4 is 15.4 Å². The van der Waals surface area contributed by atoms with Crippen LogP contribution >= 0.6 is 0 Å². The molecule has 0 saturated heterocycles. The number of nitrogens with one attached hydrogen (secondary N) is 2. The van der Waals surface area contributed by atoms with Crippen LogP contribution in [0.4, 0.5) is 4.79 Å². The van der Waals surface area contributed by atoms with Gasteiger partial charge in [-0.3, -0.25) is 4.79 Å². The summed E-state index contributed by atoms with van der Waals surface area (Å²) in [6.45, 7) is 4.65. The minimum atomic E-state index is -0.622. The summed E-state index contributed by atoms with van der Waals surface area (Å²) < 4.78 is 5.42. The van der Waals surface area contributed by atoms with Crippen molar-refractivity contribution in [1.82, 2.24) is 15.5 Å². The van der Waals surface area contributed by atoms with Crippen molar-refractivity contribution in [1.29, 1.82) is 0 Å². The number of hydrogen-bond donors (Lipinski definition) is 3. The van der Waals surface area contributed by atoms with Crippen molar-refractivity contribution < 1.29 is 19.4 Å². The molecular formula is C17H21N3O4. The van der Waals surface area contributed by atoms with Crippen molar-refractivity contribution >= 4 is 11.9 Å². The van der Waals surface area contributed by atoms with E-state index in [1.54, 1.807) is 11.8 Å². The van der Waals surface area contributed by atoms with Crippen LogP contribution in [-0.2, 0) is 4.79 Å². The first-order valence-electron chi connectivity index (χ1n) is 8.00. The maximum atomic E-state index is 12.7. The van der Waals surface area contributed by atoms with Crippen molar-refractivity contribution in [3.05, 3.63) is 41.1 Å². The van der Waals surface area contributed by atoms with E-state index in [9.17, 15) is 14.7 Å². The van der Waals surface area contributed by atoms with E-state index in [4.69, 9.17) is 4.74 Å². The Morgan fingerprint density at radius 3 is 2.67 bits per heavy atom. The Morgan fingerprint density at radius 1 is 1.33 bits per heavy atom.